The molecule has 1 unspecified atom stereocenters. The van der Waals surface area contributed by atoms with E-state index in [0.717, 1.165) is 17.0 Å². The number of ether oxygens (including phenoxy) is 2. The van der Waals surface area contributed by atoms with E-state index in [-0.39, 0.29) is 36.6 Å². The normalized spacial score (nSPS) is 20.7. The minimum absolute atomic E-state index is 0.0785. The Balaban J connectivity index is 1.26. The molecule has 2 fully saturated rings. The fourth-order valence-electron chi connectivity index (χ4n) is 4.15. The molecule has 3 aliphatic rings. The molecule has 1 N–H and O–H groups in total. The molecule has 176 valence electrons. The van der Waals surface area contributed by atoms with Gasteiger partial charge in [-0.15, -0.1) is 0 Å². The molecule has 0 spiro atoms. The van der Waals surface area contributed by atoms with E-state index in [1.54, 1.807) is 18.2 Å². The highest BCUT2D eigenvalue weighted by molar-refractivity contribution is 6.23. The van der Waals surface area contributed by atoms with Crippen molar-refractivity contribution in [2.75, 3.05) is 44.4 Å². The van der Waals surface area contributed by atoms with Gasteiger partial charge >= 0.3 is 0 Å². The van der Waals surface area contributed by atoms with Crippen LogP contribution in [-0.4, -0.2) is 80.1 Å². The molecule has 4 rings (SSSR count). The quantitative estimate of drug-likeness (QED) is 0.293. The third-order valence-corrected chi connectivity index (χ3v) is 5.96. The Kier molecular flexibility index (Phi) is 7.09. The summed E-state index contributed by atoms with van der Waals surface area (Å²) in [7, 11) is 0. The van der Waals surface area contributed by atoms with Gasteiger partial charge in [0.15, 0.2) is 0 Å². The van der Waals surface area contributed by atoms with Gasteiger partial charge in [0.2, 0.25) is 11.8 Å². The zero-order valence-corrected chi connectivity index (χ0v) is 18.2. The lowest BCUT2D eigenvalue weighted by molar-refractivity contribution is -0.136. The van der Waals surface area contributed by atoms with Gasteiger partial charge in [0, 0.05) is 45.0 Å². The van der Waals surface area contributed by atoms with Gasteiger partial charge in [0.1, 0.15) is 6.04 Å². The van der Waals surface area contributed by atoms with Crippen molar-refractivity contribution in [3.63, 3.8) is 0 Å². The molecule has 11 nitrogen and oxygen atoms in total. The summed E-state index contributed by atoms with van der Waals surface area (Å²) in [5.41, 5.74) is 1.35. The predicted molar refractivity (Wildman–Crippen MR) is 116 cm³/mol. The molecule has 0 aliphatic carbocycles. The predicted octanol–water partition coefficient (Wildman–Crippen LogP) is 0.856. The van der Waals surface area contributed by atoms with Gasteiger partial charge < -0.3 is 14.4 Å². The van der Waals surface area contributed by atoms with Crippen LogP contribution in [0.3, 0.4) is 0 Å². The monoisotopic (exact) mass is 458 g/mol. The number of fused-ring (bicyclic) bond motifs is 1. The van der Waals surface area contributed by atoms with Crippen molar-refractivity contribution in [1.29, 1.82) is 0 Å². The van der Waals surface area contributed by atoms with Gasteiger partial charge in [-0.1, -0.05) is 5.18 Å². The molecule has 1 atom stereocenters. The van der Waals surface area contributed by atoms with Crippen LogP contribution in [0, 0.1) is 4.91 Å². The number of carbonyl (C=O) groups is 4. The summed E-state index contributed by atoms with van der Waals surface area (Å²) in [5.74, 6) is -2.04. The zero-order chi connectivity index (χ0) is 23.4. The summed E-state index contributed by atoms with van der Waals surface area (Å²) >= 11 is 0. The second kappa shape index (κ2) is 10.2. The summed E-state index contributed by atoms with van der Waals surface area (Å²) in [6.45, 7) is 3.27. The molecule has 0 saturated carbocycles. The molecule has 1 aromatic rings. The van der Waals surface area contributed by atoms with Crippen LogP contribution in [0.1, 0.15) is 46.4 Å². The van der Waals surface area contributed by atoms with Crippen LogP contribution >= 0.6 is 0 Å². The largest absolute Gasteiger partial charge is 0.381 e. The van der Waals surface area contributed by atoms with Gasteiger partial charge in [-0.05, 0) is 37.5 Å². The Labute approximate surface area is 190 Å². The van der Waals surface area contributed by atoms with E-state index >= 15 is 0 Å². The summed E-state index contributed by atoms with van der Waals surface area (Å²) in [4.78, 5) is 62.3. The first-order valence-electron chi connectivity index (χ1n) is 11.1. The van der Waals surface area contributed by atoms with E-state index in [9.17, 15) is 24.1 Å². The van der Waals surface area contributed by atoms with E-state index in [1.807, 2.05) is 0 Å². The van der Waals surface area contributed by atoms with Gasteiger partial charge in [0.25, 0.3) is 11.8 Å². The van der Waals surface area contributed by atoms with E-state index in [1.165, 1.54) is 0 Å². The summed E-state index contributed by atoms with van der Waals surface area (Å²) < 4.78 is 11.2. The number of hydrogen-bond donors (Lipinski definition) is 1. The molecular weight excluding hydrogens is 432 g/mol. The number of anilines is 1. The zero-order valence-electron chi connectivity index (χ0n) is 18.2. The number of benzene rings is 1. The lowest BCUT2D eigenvalue weighted by Gasteiger charge is -2.40. The SMILES string of the molecule is O=NCCCOCCCOC1CN(c2ccc3c(c2)C(=O)N(C2CCC(=O)NC2=O)C3=O)C1. The minimum atomic E-state index is -0.967. The molecule has 11 heteroatoms. The van der Waals surface area contributed by atoms with Crippen molar-refractivity contribution in [3.8, 4) is 0 Å². The van der Waals surface area contributed by atoms with Crippen molar-refractivity contribution in [3.05, 3.63) is 34.2 Å². The molecular formula is C22H26N4O7. The number of piperidine rings is 1. The van der Waals surface area contributed by atoms with E-state index in [2.05, 4.69) is 15.4 Å². The number of nitroso groups, excluding NO2 is 1. The van der Waals surface area contributed by atoms with Crippen LogP contribution in [0.4, 0.5) is 5.69 Å². The second-order valence-electron chi connectivity index (χ2n) is 8.25. The van der Waals surface area contributed by atoms with Crippen molar-refractivity contribution in [2.45, 2.75) is 37.8 Å². The standard InChI is InChI=1S/C22H26N4O7/c27-19-6-5-18(20(28)24-19)26-21(29)16-4-3-14(11-17(16)22(26)30)25-12-15(13-25)33-10-2-9-32-8-1-7-23-31/h3-4,11,15,18H,1-2,5-10,12-13H2,(H,24,27,28). The average molecular weight is 458 g/mol. The van der Waals surface area contributed by atoms with Gasteiger partial charge in [-0.25, -0.2) is 0 Å². The number of imide groups is 2. The molecule has 0 aromatic heterocycles. The molecule has 2 saturated heterocycles. The number of amides is 4. The Bertz CT molecular complexity index is 960. The summed E-state index contributed by atoms with van der Waals surface area (Å²) in [5, 5.41) is 4.97. The van der Waals surface area contributed by atoms with Crippen molar-refractivity contribution in [2.24, 2.45) is 5.18 Å². The maximum absolute atomic E-state index is 12.9. The fraction of sp³-hybridized carbons (Fsp3) is 0.545. The van der Waals surface area contributed by atoms with Crippen LogP contribution in [0.5, 0.6) is 0 Å². The molecule has 1 aromatic carbocycles. The number of nitrogens with zero attached hydrogens (tertiary/aromatic N) is 3. The number of nitrogens with one attached hydrogen (secondary N) is 1. The van der Waals surface area contributed by atoms with Gasteiger partial charge in [-0.2, -0.15) is 4.91 Å². The average Bonchev–Trinajstić information content (AvgIpc) is 3.01. The van der Waals surface area contributed by atoms with Crippen LogP contribution in [0.25, 0.3) is 0 Å². The minimum Gasteiger partial charge on any atom is -0.381 e. The van der Waals surface area contributed by atoms with Gasteiger partial charge in [-0.3, -0.25) is 29.4 Å². The van der Waals surface area contributed by atoms with Crippen molar-refractivity contribution < 1.29 is 28.7 Å². The summed E-state index contributed by atoms with van der Waals surface area (Å²) in [6, 6.07) is 4.12. The highest BCUT2D eigenvalue weighted by Gasteiger charge is 2.45. The molecule has 33 heavy (non-hydrogen) atoms. The van der Waals surface area contributed by atoms with Crippen LogP contribution in [0.2, 0.25) is 0 Å². The first-order chi connectivity index (χ1) is 16.0. The van der Waals surface area contributed by atoms with Crippen LogP contribution in [0.15, 0.2) is 23.4 Å². The molecule has 3 aliphatic heterocycles. The highest BCUT2D eigenvalue weighted by Crippen LogP contribution is 2.32. The Hall–Kier alpha value is -3.18. The van der Waals surface area contributed by atoms with E-state index in [4.69, 9.17) is 9.47 Å². The first-order valence-corrected chi connectivity index (χ1v) is 11.1. The van der Waals surface area contributed by atoms with Crippen LogP contribution in [-0.2, 0) is 19.1 Å². The van der Waals surface area contributed by atoms with Crippen molar-refractivity contribution >= 4 is 29.3 Å². The van der Waals surface area contributed by atoms with Crippen LogP contribution < -0.4 is 10.2 Å². The van der Waals surface area contributed by atoms with Gasteiger partial charge in [0.05, 0.1) is 23.8 Å². The number of hydrogen-bond acceptors (Lipinski definition) is 9. The Morgan fingerprint density at radius 3 is 2.52 bits per heavy atom. The summed E-state index contributed by atoms with van der Waals surface area (Å²) in [6.07, 6.45) is 1.69. The van der Waals surface area contributed by atoms with E-state index < -0.39 is 29.7 Å². The van der Waals surface area contributed by atoms with E-state index in [0.29, 0.717) is 39.3 Å². The maximum Gasteiger partial charge on any atom is 0.262 e. The lowest BCUT2D eigenvalue weighted by atomic mass is 10.0. The first kappa shape index (κ1) is 23.0. The third-order valence-electron chi connectivity index (χ3n) is 5.96. The molecule has 3 heterocycles. The maximum atomic E-state index is 12.9. The molecule has 0 radical (unpaired) electrons. The fourth-order valence-corrected chi connectivity index (χ4v) is 4.15. The molecule has 4 amide bonds. The Morgan fingerprint density at radius 1 is 1.00 bits per heavy atom. The topological polar surface area (TPSA) is 135 Å². The number of carbonyl (C=O) groups excluding carboxylic acids is 4. The number of rotatable bonds is 11. The lowest BCUT2D eigenvalue weighted by Crippen LogP contribution is -2.54. The second-order valence-corrected chi connectivity index (χ2v) is 8.25. The Morgan fingerprint density at radius 2 is 1.76 bits per heavy atom. The smallest absolute Gasteiger partial charge is 0.262 e. The van der Waals surface area contributed by atoms with Crippen molar-refractivity contribution in [1.82, 2.24) is 10.2 Å². The third kappa shape index (κ3) is 4.93. The molecule has 0 bridgehead atoms. The highest BCUT2D eigenvalue weighted by atomic mass is 16.5.